The summed E-state index contributed by atoms with van der Waals surface area (Å²) in [5.74, 6) is 1.45. The van der Waals surface area contributed by atoms with E-state index in [0.717, 1.165) is 0 Å². The van der Waals surface area contributed by atoms with Gasteiger partial charge in [-0.2, -0.15) is 0 Å². The fourth-order valence-corrected chi connectivity index (χ4v) is 4.19. The number of rotatable bonds is 17. The topological polar surface area (TPSA) is 166 Å². The maximum atomic E-state index is 11.0. The van der Waals surface area contributed by atoms with Gasteiger partial charge in [0.05, 0.1) is 42.8 Å². The minimum absolute atomic E-state index is 0.0244. The van der Waals surface area contributed by atoms with E-state index in [4.69, 9.17) is 23.7 Å². The fraction of sp³-hybridized carbons (Fsp3) is 0.343. The number of aliphatic hydroxyl groups excluding tert-OH is 2. The smallest absolute Gasteiger partial charge is 0.167 e. The molecule has 0 aliphatic carbocycles. The molecule has 250 valence electrons. The van der Waals surface area contributed by atoms with E-state index in [1.165, 1.54) is 18.4 Å². The molecule has 0 amide bonds. The monoisotopic (exact) mass is 647 g/mol. The Morgan fingerprint density at radius 1 is 0.617 bits per heavy atom. The first kappa shape index (κ1) is 35.1. The van der Waals surface area contributed by atoms with Gasteiger partial charge in [0.1, 0.15) is 54.2 Å². The molecule has 12 heteroatoms. The number of aromatic hydroxyl groups is 2. The van der Waals surface area contributed by atoms with Crippen LogP contribution in [0.1, 0.15) is 27.7 Å². The van der Waals surface area contributed by atoms with Gasteiger partial charge in [-0.05, 0) is 76.2 Å². The third-order valence-corrected chi connectivity index (χ3v) is 6.52. The van der Waals surface area contributed by atoms with Crippen LogP contribution in [0, 0.1) is 0 Å². The molecule has 2 atom stereocenters. The number of benzene rings is 3. The van der Waals surface area contributed by atoms with Gasteiger partial charge in [0, 0.05) is 17.7 Å². The van der Waals surface area contributed by atoms with E-state index >= 15 is 0 Å². The van der Waals surface area contributed by atoms with Crippen molar-refractivity contribution in [3.8, 4) is 62.9 Å². The zero-order chi connectivity index (χ0) is 33.9. The maximum absolute atomic E-state index is 11.0. The number of nitrogens with zero attached hydrogens (tertiary/aromatic N) is 3. The van der Waals surface area contributed by atoms with Crippen LogP contribution in [0.5, 0.6) is 28.7 Å². The van der Waals surface area contributed by atoms with Crippen LogP contribution in [0.4, 0.5) is 0 Å². The molecule has 0 bridgehead atoms. The zero-order valence-corrected chi connectivity index (χ0v) is 26.9. The van der Waals surface area contributed by atoms with E-state index in [2.05, 4.69) is 21.5 Å². The lowest BCUT2D eigenvalue weighted by Crippen LogP contribution is -2.25. The highest BCUT2D eigenvalue weighted by Crippen LogP contribution is 2.36. The summed E-state index contributed by atoms with van der Waals surface area (Å²) in [5, 5.41) is 42.2. The summed E-state index contributed by atoms with van der Waals surface area (Å²) in [5.41, 5.74) is 1.20. The summed E-state index contributed by atoms with van der Waals surface area (Å²) < 4.78 is 27.4. The van der Waals surface area contributed by atoms with Crippen LogP contribution in [-0.2, 0) is 9.47 Å². The van der Waals surface area contributed by atoms with Gasteiger partial charge in [0.15, 0.2) is 17.5 Å². The molecule has 12 nitrogen and oxygen atoms in total. The predicted molar refractivity (Wildman–Crippen MR) is 175 cm³/mol. The molecule has 47 heavy (non-hydrogen) atoms. The molecular weight excluding hydrogens is 606 g/mol. The van der Waals surface area contributed by atoms with E-state index in [9.17, 15) is 20.4 Å². The first-order valence-electron chi connectivity index (χ1n) is 15.2. The molecule has 0 saturated heterocycles. The zero-order valence-electron chi connectivity index (χ0n) is 26.9. The number of phenolic OH excluding ortho intramolecular Hbond substituents is 2. The van der Waals surface area contributed by atoms with E-state index in [1.54, 1.807) is 48.5 Å². The highest BCUT2D eigenvalue weighted by atomic mass is 16.5. The Balaban J connectivity index is 1.63. The van der Waals surface area contributed by atoms with E-state index in [-0.39, 0.29) is 78.7 Å². The van der Waals surface area contributed by atoms with Gasteiger partial charge in [-0.3, -0.25) is 0 Å². The number of hydrogen-bond donors (Lipinski definition) is 4. The van der Waals surface area contributed by atoms with Crippen molar-refractivity contribution in [3.05, 3.63) is 73.5 Å². The van der Waals surface area contributed by atoms with Crippen LogP contribution in [0.25, 0.3) is 34.2 Å². The van der Waals surface area contributed by atoms with Gasteiger partial charge in [0.2, 0.25) is 0 Å². The molecule has 1 aromatic heterocycles. The summed E-state index contributed by atoms with van der Waals surface area (Å²) in [6, 6.07) is 16.2. The van der Waals surface area contributed by atoms with Crippen molar-refractivity contribution in [3.63, 3.8) is 0 Å². The molecule has 2 unspecified atom stereocenters. The van der Waals surface area contributed by atoms with E-state index < -0.39 is 12.2 Å². The van der Waals surface area contributed by atoms with Crippen molar-refractivity contribution < 1.29 is 44.1 Å². The largest absolute Gasteiger partial charge is 0.507 e. The standard InChI is InChI=1S/C35H41N3O9/c1-6-43-26-9-7-23(8-10-26)33-36-34(29-13-11-27(15-31(29)41)46-19-24(39)17-44-21(2)3)38-35(37-33)30-14-12-28(16-32(30)42)47-20-25(40)18-45-22(4)5/h6-16,21-22,24-25,39-42H,1,17-20H2,2-5H3. The predicted octanol–water partition coefficient (Wildman–Crippen LogP) is 5.14. The Labute approximate surface area is 273 Å². The molecule has 4 aromatic rings. The average molecular weight is 648 g/mol. The second-order valence-electron chi connectivity index (χ2n) is 11.2. The molecule has 0 saturated carbocycles. The first-order chi connectivity index (χ1) is 22.5. The second-order valence-corrected chi connectivity index (χ2v) is 11.2. The molecule has 1 heterocycles. The van der Waals surface area contributed by atoms with Crippen molar-refractivity contribution in [2.24, 2.45) is 0 Å². The van der Waals surface area contributed by atoms with Gasteiger partial charge in [-0.1, -0.05) is 6.58 Å². The van der Waals surface area contributed by atoms with Crippen molar-refractivity contribution in [2.45, 2.75) is 52.1 Å². The Morgan fingerprint density at radius 3 is 1.45 bits per heavy atom. The lowest BCUT2D eigenvalue weighted by atomic mass is 10.1. The lowest BCUT2D eigenvalue weighted by molar-refractivity contribution is -0.0123. The van der Waals surface area contributed by atoms with Gasteiger partial charge in [-0.15, -0.1) is 0 Å². The van der Waals surface area contributed by atoms with Crippen LogP contribution < -0.4 is 14.2 Å². The molecular formula is C35H41N3O9. The van der Waals surface area contributed by atoms with Crippen molar-refractivity contribution in [1.29, 1.82) is 0 Å². The third kappa shape index (κ3) is 10.4. The van der Waals surface area contributed by atoms with Crippen molar-refractivity contribution in [2.75, 3.05) is 26.4 Å². The van der Waals surface area contributed by atoms with Crippen LogP contribution >= 0.6 is 0 Å². The molecule has 3 aromatic carbocycles. The maximum Gasteiger partial charge on any atom is 0.167 e. The van der Waals surface area contributed by atoms with Gasteiger partial charge in [0.25, 0.3) is 0 Å². The van der Waals surface area contributed by atoms with Gasteiger partial charge < -0.3 is 44.1 Å². The Morgan fingerprint density at radius 2 is 1.04 bits per heavy atom. The average Bonchev–Trinajstić information content (AvgIpc) is 3.04. The highest BCUT2D eigenvalue weighted by Gasteiger charge is 2.18. The normalized spacial score (nSPS) is 12.6. The number of phenols is 2. The Kier molecular flexibility index (Phi) is 12.5. The highest BCUT2D eigenvalue weighted by molar-refractivity contribution is 5.72. The Bertz CT molecular complexity index is 1520. The van der Waals surface area contributed by atoms with Crippen molar-refractivity contribution >= 4 is 0 Å². The summed E-state index contributed by atoms with van der Waals surface area (Å²) >= 11 is 0. The fourth-order valence-electron chi connectivity index (χ4n) is 4.19. The van der Waals surface area contributed by atoms with Crippen LogP contribution in [0.15, 0.2) is 73.5 Å². The Hall–Kier alpha value is -4.75. The number of hydrogen-bond acceptors (Lipinski definition) is 12. The summed E-state index contributed by atoms with van der Waals surface area (Å²) in [6.45, 7) is 11.2. The lowest BCUT2D eigenvalue weighted by Gasteiger charge is -2.15. The molecule has 0 radical (unpaired) electrons. The first-order valence-corrected chi connectivity index (χ1v) is 15.2. The van der Waals surface area contributed by atoms with Gasteiger partial charge in [-0.25, -0.2) is 15.0 Å². The number of aliphatic hydroxyl groups is 2. The summed E-state index contributed by atoms with van der Waals surface area (Å²) in [7, 11) is 0. The van der Waals surface area contributed by atoms with Crippen LogP contribution in [0.2, 0.25) is 0 Å². The number of ether oxygens (including phenoxy) is 5. The number of aromatic nitrogens is 3. The van der Waals surface area contributed by atoms with Crippen LogP contribution in [-0.4, -0.2) is 86.2 Å². The minimum atomic E-state index is -0.843. The summed E-state index contributed by atoms with van der Waals surface area (Å²) in [6.07, 6.45) is -0.415. The molecule has 4 rings (SSSR count). The minimum Gasteiger partial charge on any atom is -0.507 e. The molecule has 0 aliphatic rings. The van der Waals surface area contributed by atoms with E-state index in [1.807, 2.05) is 27.7 Å². The molecule has 4 N–H and O–H groups in total. The SMILES string of the molecule is C=COc1ccc(-c2nc(-c3ccc(OCC(O)COC(C)C)cc3O)nc(-c3ccc(OCC(O)COC(C)C)cc3O)n2)cc1. The third-order valence-electron chi connectivity index (χ3n) is 6.52. The van der Waals surface area contributed by atoms with Gasteiger partial charge >= 0.3 is 0 Å². The molecule has 0 fully saturated rings. The molecule has 0 spiro atoms. The van der Waals surface area contributed by atoms with E-state index in [0.29, 0.717) is 22.8 Å². The quantitative estimate of drug-likeness (QED) is 0.112. The second kappa shape index (κ2) is 16.7. The summed E-state index contributed by atoms with van der Waals surface area (Å²) in [4.78, 5) is 13.8. The van der Waals surface area contributed by atoms with Crippen LogP contribution in [0.3, 0.4) is 0 Å². The molecule has 0 aliphatic heterocycles. The van der Waals surface area contributed by atoms with Crippen molar-refractivity contribution in [1.82, 2.24) is 15.0 Å².